The Labute approximate surface area is 99.2 Å². The third kappa shape index (κ3) is 3.42. The zero-order valence-electron chi connectivity index (χ0n) is 9.90. The zero-order chi connectivity index (χ0) is 13.0. The molecule has 3 N–H and O–H groups in total. The molecule has 96 valence electrons. The molecule has 0 aromatic heterocycles. The van der Waals surface area contributed by atoms with Crippen LogP contribution < -0.4 is 10.6 Å². The Morgan fingerprint density at radius 2 is 2.06 bits per heavy atom. The molecule has 3 amide bonds. The van der Waals surface area contributed by atoms with Gasteiger partial charge < -0.3 is 10.4 Å². The molecule has 2 atom stereocenters. The summed E-state index contributed by atoms with van der Waals surface area (Å²) in [5.74, 6) is -1.71. The largest absolute Gasteiger partial charge is 0.481 e. The number of nitrogens with one attached hydrogen (secondary N) is 2. The summed E-state index contributed by atoms with van der Waals surface area (Å²) in [4.78, 5) is 35.0. The molecular formula is C10H17N3O4. The zero-order valence-corrected chi connectivity index (χ0v) is 9.90. The van der Waals surface area contributed by atoms with E-state index in [1.807, 2.05) is 0 Å². The molecule has 0 aromatic carbocycles. The average Bonchev–Trinajstić information content (AvgIpc) is 2.60. The van der Waals surface area contributed by atoms with Crippen molar-refractivity contribution in [3.8, 4) is 0 Å². The third-order valence-corrected chi connectivity index (χ3v) is 3.03. The molecular weight excluding hydrogens is 226 g/mol. The Kier molecular flexibility index (Phi) is 4.45. The number of likely N-dealkylation sites (tertiary alicyclic amines) is 1. The summed E-state index contributed by atoms with van der Waals surface area (Å²) >= 11 is 0. The number of carbonyl (C=O) groups is 3. The van der Waals surface area contributed by atoms with E-state index < -0.39 is 23.8 Å². The van der Waals surface area contributed by atoms with E-state index in [0.717, 1.165) is 0 Å². The minimum Gasteiger partial charge on any atom is -0.481 e. The molecule has 1 aliphatic heterocycles. The predicted octanol–water partition coefficient (Wildman–Crippen LogP) is -0.763. The van der Waals surface area contributed by atoms with Gasteiger partial charge in [-0.2, -0.15) is 0 Å². The highest BCUT2D eigenvalue weighted by Gasteiger charge is 2.36. The van der Waals surface area contributed by atoms with Crippen LogP contribution in [0.15, 0.2) is 0 Å². The summed E-state index contributed by atoms with van der Waals surface area (Å²) in [7, 11) is 1.42. The van der Waals surface area contributed by atoms with Crippen LogP contribution in [-0.2, 0) is 9.59 Å². The lowest BCUT2D eigenvalue weighted by atomic mass is 10.0. The number of nitrogens with zero attached hydrogens (tertiary/aromatic N) is 1. The van der Waals surface area contributed by atoms with E-state index in [1.54, 1.807) is 11.8 Å². The molecule has 2 unspecified atom stereocenters. The van der Waals surface area contributed by atoms with Crippen molar-refractivity contribution in [2.45, 2.75) is 19.4 Å². The van der Waals surface area contributed by atoms with Crippen LogP contribution in [0.2, 0.25) is 0 Å². The Balaban J connectivity index is 2.46. The maximum absolute atomic E-state index is 11.4. The Hall–Kier alpha value is -1.63. The van der Waals surface area contributed by atoms with E-state index in [2.05, 4.69) is 10.6 Å². The van der Waals surface area contributed by atoms with E-state index in [4.69, 9.17) is 5.11 Å². The Bertz CT molecular complexity index is 332. The molecule has 0 saturated carbocycles. The SMILES string of the molecule is CNC(=O)NC(=O)CN1CCC(C(=O)O)C1C. The highest BCUT2D eigenvalue weighted by Crippen LogP contribution is 2.23. The molecule has 1 fully saturated rings. The fraction of sp³-hybridized carbons (Fsp3) is 0.700. The van der Waals surface area contributed by atoms with Gasteiger partial charge in [0.05, 0.1) is 12.5 Å². The van der Waals surface area contributed by atoms with Crippen LogP contribution in [0, 0.1) is 5.92 Å². The molecule has 17 heavy (non-hydrogen) atoms. The van der Waals surface area contributed by atoms with Gasteiger partial charge in [0.2, 0.25) is 5.91 Å². The lowest BCUT2D eigenvalue weighted by Gasteiger charge is -2.21. The first-order chi connectivity index (χ1) is 7.95. The van der Waals surface area contributed by atoms with Crippen LogP contribution in [-0.4, -0.2) is 54.1 Å². The minimum atomic E-state index is -0.841. The van der Waals surface area contributed by atoms with E-state index in [0.29, 0.717) is 13.0 Å². The van der Waals surface area contributed by atoms with Crippen LogP contribution in [0.5, 0.6) is 0 Å². The molecule has 7 nitrogen and oxygen atoms in total. The minimum absolute atomic E-state index is 0.0400. The lowest BCUT2D eigenvalue weighted by molar-refractivity contribution is -0.142. The first-order valence-corrected chi connectivity index (χ1v) is 5.44. The number of amides is 3. The highest BCUT2D eigenvalue weighted by molar-refractivity contribution is 5.95. The quantitative estimate of drug-likeness (QED) is 0.605. The van der Waals surface area contributed by atoms with Crippen molar-refractivity contribution < 1.29 is 19.5 Å². The number of hydrogen-bond donors (Lipinski definition) is 3. The van der Waals surface area contributed by atoms with Crippen molar-refractivity contribution in [3.63, 3.8) is 0 Å². The van der Waals surface area contributed by atoms with Gasteiger partial charge in [-0.05, 0) is 19.9 Å². The fourth-order valence-electron chi connectivity index (χ4n) is 1.97. The molecule has 1 heterocycles. The van der Waals surface area contributed by atoms with Crippen molar-refractivity contribution in [2.75, 3.05) is 20.1 Å². The van der Waals surface area contributed by atoms with Gasteiger partial charge in [-0.25, -0.2) is 4.79 Å². The van der Waals surface area contributed by atoms with Gasteiger partial charge in [-0.15, -0.1) is 0 Å². The number of carbonyl (C=O) groups excluding carboxylic acids is 2. The first-order valence-electron chi connectivity index (χ1n) is 5.44. The van der Waals surface area contributed by atoms with Crippen LogP contribution in [0.1, 0.15) is 13.3 Å². The molecule has 0 spiro atoms. The van der Waals surface area contributed by atoms with Gasteiger partial charge in [0, 0.05) is 13.1 Å². The summed E-state index contributed by atoms with van der Waals surface area (Å²) < 4.78 is 0. The molecule has 0 aliphatic carbocycles. The average molecular weight is 243 g/mol. The second-order valence-corrected chi connectivity index (χ2v) is 4.07. The van der Waals surface area contributed by atoms with Gasteiger partial charge in [-0.1, -0.05) is 0 Å². The van der Waals surface area contributed by atoms with E-state index in [-0.39, 0.29) is 12.6 Å². The normalized spacial score (nSPS) is 24.4. The Morgan fingerprint density at radius 1 is 1.41 bits per heavy atom. The third-order valence-electron chi connectivity index (χ3n) is 3.03. The molecule has 0 bridgehead atoms. The summed E-state index contributed by atoms with van der Waals surface area (Å²) in [5, 5.41) is 13.3. The van der Waals surface area contributed by atoms with Gasteiger partial charge >= 0.3 is 12.0 Å². The summed E-state index contributed by atoms with van der Waals surface area (Å²) in [6, 6.07) is -0.750. The summed E-state index contributed by atoms with van der Waals surface area (Å²) in [6.45, 7) is 2.37. The molecule has 0 radical (unpaired) electrons. The van der Waals surface area contributed by atoms with Crippen LogP contribution in [0.3, 0.4) is 0 Å². The van der Waals surface area contributed by atoms with Crippen LogP contribution >= 0.6 is 0 Å². The van der Waals surface area contributed by atoms with E-state index in [1.165, 1.54) is 7.05 Å². The standard InChI is InChI=1S/C10H17N3O4/c1-6-7(9(15)16)3-4-13(6)5-8(14)12-10(17)11-2/h6-7H,3-5H2,1-2H3,(H,15,16)(H2,11,12,14,17). The number of imide groups is 1. The van der Waals surface area contributed by atoms with Gasteiger partial charge in [0.15, 0.2) is 0 Å². The number of rotatable bonds is 3. The number of aliphatic carboxylic acids is 1. The molecule has 7 heteroatoms. The number of carboxylic acid groups (broad SMARTS) is 1. The first kappa shape index (κ1) is 13.4. The van der Waals surface area contributed by atoms with Crippen molar-refractivity contribution in [1.29, 1.82) is 0 Å². The molecule has 1 rings (SSSR count). The molecule has 0 aromatic rings. The summed E-state index contributed by atoms with van der Waals surface area (Å²) in [5.41, 5.74) is 0. The Morgan fingerprint density at radius 3 is 2.53 bits per heavy atom. The van der Waals surface area contributed by atoms with Crippen molar-refractivity contribution in [3.05, 3.63) is 0 Å². The smallest absolute Gasteiger partial charge is 0.321 e. The highest BCUT2D eigenvalue weighted by atomic mass is 16.4. The second-order valence-electron chi connectivity index (χ2n) is 4.07. The van der Waals surface area contributed by atoms with Crippen LogP contribution in [0.4, 0.5) is 4.79 Å². The number of carboxylic acids is 1. The number of urea groups is 1. The lowest BCUT2D eigenvalue weighted by Crippen LogP contribution is -2.45. The van der Waals surface area contributed by atoms with Gasteiger partial charge in [0.1, 0.15) is 0 Å². The molecule has 1 aliphatic rings. The van der Waals surface area contributed by atoms with E-state index >= 15 is 0 Å². The number of hydrogen-bond acceptors (Lipinski definition) is 4. The topological polar surface area (TPSA) is 98.7 Å². The van der Waals surface area contributed by atoms with Gasteiger partial charge in [-0.3, -0.25) is 19.8 Å². The predicted molar refractivity (Wildman–Crippen MR) is 59.4 cm³/mol. The van der Waals surface area contributed by atoms with E-state index in [9.17, 15) is 14.4 Å². The maximum atomic E-state index is 11.4. The fourth-order valence-corrected chi connectivity index (χ4v) is 1.97. The van der Waals surface area contributed by atoms with Crippen molar-refractivity contribution in [2.24, 2.45) is 5.92 Å². The second kappa shape index (κ2) is 5.62. The van der Waals surface area contributed by atoms with Crippen LogP contribution in [0.25, 0.3) is 0 Å². The van der Waals surface area contributed by atoms with Crippen molar-refractivity contribution in [1.82, 2.24) is 15.5 Å². The van der Waals surface area contributed by atoms with Crippen molar-refractivity contribution >= 4 is 17.9 Å². The van der Waals surface area contributed by atoms with Gasteiger partial charge in [0.25, 0.3) is 0 Å². The summed E-state index contributed by atoms with van der Waals surface area (Å²) in [6.07, 6.45) is 0.532. The maximum Gasteiger partial charge on any atom is 0.321 e. The monoisotopic (exact) mass is 243 g/mol. The molecule has 1 saturated heterocycles.